The van der Waals surface area contributed by atoms with Crippen LogP contribution in [-0.4, -0.2) is 27.3 Å². The van der Waals surface area contributed by atoms with E-state index in [1.165, 1.54) is 6.92 Å². The number of amides is 1. The van der Waals surface area contributed by atoms with E-state index in [-0.39, 0.29) is 11.9 Å². The fraction of sp³-hybridized carbons (Fsp3) is 0.333. The largest absolute Gasteiger partial charge is 0.493 e. The molecule has 4 rings (SSSR count). The van der Waals surface area contributed by atoms with Gasteiger partial charge in [0.1, 0.15) is 5.75 Å². The first-order chi connectivity index (χ1) is 12.5. The minimum Gasteiger partial charge on any atom is -0.493 e. The van der Waals surface area contributed by atoms with E-state index in [0.717, 1.165) is 40.7 Å². The lowest BCUT2D eigenvalue weighted by atomic mass is 10.00. The van der Waals surface area contributed by atoms with Gasteiger partial charge >= 0.3 is 0 Å². The number of carbonyl (C=O) groups excluding carboxylic acids is 1. The van der Waals surface area contributed by atoms with Crippen molar-refractivity contribution in [2.24, 2.45) is 0 Å². The summed E-state index contributed by atoms with van der Waals surface area (Å²) in [5.74, 6) is 0.609. The highest BCUT2D eigenvalue weighted by atomic mass is 35.5. The van der Waals surface area contributed by atoms with Gasteiger partial charge in [-0.2, -0.15) is 5.10 Å². The van der Waals surface area contributed by atoms with Crippen molar-refractivity contribution < 1.29 is 9.53 Å². The second kappa shape index (κ2) is 6.52. The molecule has 1 aromatic carbocycles. The number of aromatic nitrogens is 3. The number of fused-ring (bicyclic) bond motifs is 3. The Morgan fingerprint density at radius 1 is 1.50 bits per heavy atom. The average molecular weight is 393 g/mol. The lowest BCUT2D eigenvalue weighted by Gasteiger charge is -2.14. The number of benzene rings is 1. The third-order valence-electron chi connectivity index (χ3n) is 4.66. The number of aromatic amines is 1. The summed E-state index contributed by atoms with van der Waals surface area (Å²) in [7, 11) is 0. The maximum atomic E-state index is 11.7. The van der Waals surface area contributed by atoms with Crippen molar-refractivity contribution in [1.82, 2.24) is 20.1 Å². The van der Waals surface area contributed by atoms with Crippen LogP contribution in [0.2, 0.25) is 10.0 Å². The van der Waals surface area contributed by atoms with Gasteiger partial charge in [0.05, 0.1) is 39.8 Å². The summed E-state index contributed by atoms with van der Waals surface area (Å²) in [5, 5.41) is 11.8. The number of hydrogen-bond donors (Lipinski definition) is 2. The zero-order chi connectivity index (χ0) is 18.4. The van der Waals surface area contributed by atoms with Gasteiger partial charge in [-0.3, -0.25) is 9.89 Å². The molecule has 0 aliphatic carbocycles. The van der Waals surface area contributed by atoms with Gasteiger partial charge in [0.15, 0.2) is 0 Å². The molecule has 8 heteroatoms. The Kier molecular flexibility index (Phi) is 4.32. The van der Waals surface area contributed by atoms with E-state index in [0.29, 0.717) is 22.4 Å². The number of halogens is 2. The van der Waals surface area contributed by atoms with Gasteiger partial charge in [-0.15, -0.1) is 0 Å². The van der Waals surface area contributed by atoms with Crippen LogP contribution in [0, 0.1) is 0 Å². The van der Waals surface area contributed by atoms with E-state index >= 15 is 0 Å². The highest BCUT2D eigenvalue weighted by Crippen LogP contribution is 2.49. The molecule has 1 atom stereocenters. The highest BCUT2D eigenvalue weighted by molar-refractivity contribution is 6.45. The SMILES string of the molecule is CCOc1cc(Cl)c(Cl)c2c1c(-c1cn[nH]c1)c1n2CC[C@H]1NC(C)=O. The van der Waals surface area contributed by atoms with Gasteiger partial charge < -0.3 is 14.6 Å². The molecular formula is C18H18Cl2N4O2. The van der Waals surface area contributed by atoms with Gasteiger partial charge in [-0.25, -0.2) is 0 Å². The summed E-state index contributed by atoms with van der Waals surface area (Å²) in [5.41, 5.74) is 3.72. The Morgan fingerprint density at radius 2 is 2.31 bits per heavy atom. The number of H-pyrrole nitrogens is 1. The Balaban J connectivity index is 2.10. The normalized spacial score (nSPS) is 16.1. The number of hydrogen-bond acceptors (Lipinski definition) is 3. The summed E-state index contributed by atoms with van der Waals surface area (Å²) in [4.78, 5) is 11.7. The van der Waals surface area contributed by atoms with Crippen LogP contribution in [0.1, 0.15) is 32.0 Å². The van der Waals surface area contributed by atoms with Crippen LogP contribution in [-0.2, 0) is 11.3 Å². The molecular weight excluding hydrogens is 375 g/mol. The minimum atomic E-state index is -0.103. The van der Waals surface area contributed by atoms with Gasteiger partial charge in [-0.1, -0.05) is 23.2 Å². The molecule has 0 radical (unpaired) electrons. The highest BCUT2D eigenvalue weighted by Gasteiger charge is 2.34. The van der Waals surface area contributed by atoms with Crippen LogP contribution in [0.25, 0.3) is 22.0 Å². The molecule has 0 bridgehead atoms. The number of nitrogens with one attached hydrogen (secondary N) is 2. The van der Waals surface area contributed by atoms with E-state index in [1.54, 1.807) is 12.3 Å². The Morgan fingerprint density at radius 3 is 2.96 bits per heavy atom. The van der Waals surface area contributed by atoms with Crippen molar-refractivity contribution in [2.45, 2.75) is 32.9 Å². The first-order valence-corrected chi connectivity index (χ1v) is 9.21. The number of carbonyl (C=O) groups is 1. The molecule has 26 heavy (non-hydrogen) atoms. The predicted molar refractivity (Wildman–Crippen MR) is 102 cm³/mol. The van der Waals surface area contributed by atoms with Gasteiger partial charge in [0.2, 0.25) is 5.91 Å². The molecule has 0 saturated carbocycles. The lowest BCUT2D eigenvalue weighted by molar-refractivity contribution is -0.119. The Labute approximate surface area is 160 Å². The Hall–Kier alpha value is -2.18. The molecule has 6 nitrogen and oxygen atoms in total. The second-order valence-corrected chi connectivity index (χ2v) is 7.05. The fourth-order valence-electron chi connectivity index (χ4n) is 3.79. The van der Waals surface area contributed by atoms with Gasteiger partial charge in [0, 0.05) is 42.6 Å². The van der Waals surface area contributed by atoms with Crippen LogP contribution in [0.15, 0.2) is 18.5 Å². The van der Waals surface area contributed by atoms with Crippen molar-refractivity contribution in [2.75, 3.05) is 6.61 Å². The van der Waals surface area contributed by atoms with E-state index < -0.39 is 0 Å². The molecule has 0 spiro atoms. The molecule has 3 heterocycles. The molecule has 1 aliphatic heterocycles. The van der Waals surface area contributed by atoms with Crippen molar-refractivity contribution >= 4 is 40.0 Å². The molecule has 2 aromatic heterocycles. The first-order valence-electron chi connectivity index (χ1n) is 8.46. The maximum Gasteiger partial charge on any atom is 0.217 e. The number of rotatable bonds is 4. The summed E-state index contributed by atoms with van der Waals surface area (Å²) >= 11 is 13.0. The van der Waals surface area contributed by atoms with E-state index in [4.69, 9.17) is 27.9 Å². The van der Waals surface area contributed by atoms with Crippen molar-refractivity contribution in [3.05, 3.63) is 34.2 Å². The molecule has 136 valence electrons. The zero-order valence-electron chi connectivity index (χ0n) is 14.4. The Bertz CT molecular complexity index is 995. The zero-order valence-corrected chi connectivity index (χ0v) is 15.9. The third-order valence-corrected chi connectivity index (χ3v) is 5.44. The number of ether oxygens (including phenoxy) is 1. The summed E-state index contributed by atoms with van der Waals surface area (Å²) in [6, 6.07) is 1.65. The quantitative estimate of drug-likeness (QED) is 0.694. The van der Waals surface area contributed by atoms with Crippen molar-refractivity contribution in [3.63, 3.8) is 0 Å². The summed E-state index contributed by atoms with van der Waals surface area (Å²) in [6.07, 6.45) is 4.39. The molecule has 0 fully saturated rings. The standard InChI is InChI=1S/C18H18Cl2N4O2/c1-3-26-13-6-11(19)16(20)18-15(13)14(10-7-21-22-8-10)17-12(23-9(2)25)4-5-24(17)18/h6-8,12H,3-5H2,1-2H3,(H,21,22)(H,23,25)/t12-/m1/s1. The van der Waals surface area contributed by atoms with Crippen molar-refractivity contribution in [3.8, 4) is 16.9 Å². The van der Waals surface area contributed by atoms with E-state index in [2.05, 4.69) is 20.1 Å². The minimum absolute atomic E-state index is 0.0685. The molecule has 3 aromatic rings. The van der Waals surface area contributed by atoms with E-state index in [1.807, 2.05) is 13.1 Å². The summed E-state index contributed by atoms with van der Waals surface area (Å²) < 4.78 is 8.01. The predicted octanol–water partition coefficient (Wildman–Crippen LogP) is 4.32. The first kappa shape index (κ1) is 17.2. The van der Waals surface area contributed by atoms with Gasteiger partial charge in [0.25, 0.3) is 0 Å². The molecule has 1 amide bonds. The van der Waals surface area contributed by atoms with Crippen LogP contribution in [0.5, 0.6) is 5.75 Å². The van der Waals surface area contributed by atoms with Crippen molar-refractivity contribution in [1.29, 1.82) is 0 Å². The molecule has 1 aliphatic rings. The number of nitrogens with zero attached hydrogens (tertiary/aromatic N) is 2. The van der Waals surface area contributed by atoms with Crippen LogP contribution in [0.4, 0.5) is 0 Å². The third kappa shape index (κ3) is 2.56. The maximum absolute atomic E-state index is 11.7. The van der Waals surface area contributed by atoms with Crippen LogP contribution < -0.4 is 10.1 Å². The average Bonchev–Trinajstić information content (AvgIpc) is 3.29. The second-order valence-electron chi connectivity index (χ2n) is 6.27. The number of aryl methyl sites for hydroxylation is 1. The van der Waals surface area contributed by atoms with E-state index in [9.17, 15) is 4.79 Å². The molecule has 0 saturated heterocycles. The summed E-state index contributed by atoms with van der Waals surface area (Å²) in [6.45, 7) is 4.70. The lowest BCUT2D eigenvalue weighted by Crippen LogP contribution is -2.24. The fourth-order valence-corrected chi connectivity index (χ4v) is 4.23. The van der Waals surface area contributed by atoms with Crippen LogP contribution >= 0.6 is 23.2 Å². The monoisotopic (exact) mass is 392 g/mol. The topological polar surface area (TPSA) is 71.9 Å². The van der Waals surface area contributed by atoms with Gasteiger partial charge in [-0.05, 0) is 13.3 Å². The van der Waals surface area contributed by atoms with Crippen LogP contribution in [0.3, 0.4) is 0 Å². The smallest absolute Gasteiger partial charge is 0.217 e. The molecule has 2 N–H and O–H groups in total. The molecule has 0 unspecified atom stereocenters.